The maximum atomic E-state index is 10.8. The van der Waals surface area contributed by atoms with Crippen molar-refractivity contribution in [2.24, 2.45) is 5.84 Å². The van der Waals surface area contributed by atoms with E-state index < -0.39 is 0 Å². The Morgan fingerprint density at radius 2 is 2.33 bits per heavy atom. The van der Waals surface area contributed by atoms with Gasteiger partial charge >= 0.3 is 0 Å². The number of anilines is 1. The van der Waals surface area contributed by atoms with Crippen LogP contribution in [-0.4, -0.2) is 16.6 Å². The SMILES string of the molecule is NNC(=O)CCCSc1ccc(N)cn1. The molecular formula is C9H14N4OS. The summed E-state index contributed by atoms with van der Waals surface area (Å²) in [5, 5.41) is 0.914. The van der Waals surface area contributed by atoms with Crippen LogP contribution in [0.3, 0.4) is 0 Å². The van der Waals surface area contributed by atoms with Crippen LogP contribution in [0, 0.1) is 0 Å². The van der Waals surface area contributed by atoms with Gasteiger partial charge in [0.05, 0.1) is 16.9 Å². The van der Waals surface area contributed by atoms with Gasteiger partial charge in [0, 0.05) is 6.42 Å². The average molecular weight is 226 g/mol. The van der Waals surface area contributed by atoms with Crippen LogP contribution in [0.25, 0.3) is 0 Å². The number of nitrogens with zero attached hydrogens (tertiary/aromatic N) is 1. The highest BCUT2D eigenvalue weighted by Crippen LogP contribution is 2.17. The number of nitrogens with two attached hydrogens (primary N) is 2. The molecule has 1 amide bonds. The van der Waals surface area contributed by atoms with Crippen LogP contribution in [0.4, 0.5) is 5.69 Å². The molecule has 0 spiro atoms. The summed E-state index contributed by atoms with van der Waals surface area (Å²) in [5.74, 6) is 5.65. The van der Waals surface area contributed by atoms with Crippen molar-refractivity contribution in [2.45, 2.75) is 17.9 Å². The Bertz CT molecular complexity index is 314. The van der Waals surface area contributed by atoms with E-state index in [-0.39, 0.29) is 5.91 Å². The third-order valence-electron chi connectivity index (χ3n) is 1.72. The Hall–Kier alpha value is -1.27. The predicted molar refractivity (Wildman–Crippen MR) is 60.9 cm³/mol. The third kappa shape index (κ3) is 4.66. The van der Waals surface area contributed by atoms with Gasteiger partial charge in [-0.2, -0.15) is 0 Å². The monoisotopic (exact) mass is 226 g/mol. The zero-order chi connectivity index (χ0) is 11.1. The summed E-state index contributed by atoms with van der Waals surface area (Å²) in [6.07, 6.45) is 2.84. The summed E-state index contributed by atoms with van der Waals surface area (Å²) in [7, 11) is 0. The highest BCUT2D eigenvalue weighted by Gasteiger charge is 1.99. The van der Waals surface area contributed by atoms with Gasteiger partial charge in [0.25, 0.3) is 0 Å². The predicted octanol–water partition coefficient (Wildman–Crippen LogP) is 0.526. The van der Waals surface area contributed by atoms with E-state index >= 15 is 0 Å². The molecule has 0 unspecified atom stereocenters. The Morgan fingerprint density at radius 1 is 1.53 bits per heavy atom. The summed E-state index contributed by atoms with van der Waals surface area (Å²) >= 11 is 1.59. The van der Waals surface area contributed by atoms with Crippen LogP contribution in [0.5, 0.6) is 0 Å². The number of hydrazine groups is 1. The van der Waals surface area contributed by atoms with Gasteiger partial charge in [-0.1, -0.05) is 0 Å². The second kappa shape index (κ2) is 6.26. The zero-order valence-corrected chi connectivity index (χ0v) is 9.09. The van der Waals surface area contributed by atoms with E-state index in [4.69, 9.17) is 11.6 Å². The number of aromatic nitrogens is 1. The van der Waals surface area contributed by atoms with Crippen molar-refractivity contribution in [1.29, 1.82) is 0 Å². The largest absolute Gasteiger partial charge is 0.397 e. The van der Waals surface area contributed by atoms with Gasteiger partial charge in [-0.15, -0.1) is 11.8 Å². The molecule has 0 aromatic carbocycles. The molecule has 5 nitrogen and oxygen atoms in total. The lowest BCUT2D eigenvalue weighted by Crippen LogP contribution is -2.29. The number of pyridine rings is 1. The molecule has 1 rings (SSSR count). The number of nitrogens with one attached hydrogen (secondary N) is 1. The summed E-state index contributed by atoms with van der Waals surface area (Å²) in [6, 6.07) is 3.67. The molecule has 0 bridgehead atoms. The molecule has 1 heterocycles. The van der Waals surface area contributed by atoms with E-state index in [2.05, 4.69) is 10.4 Å². The van der Waals surface area contributed by atoms with Crippen molar-refractivity contribution in [2.75, 3.05) is 11.5 Å². The molecule has 1 aromatic heterocycles. The molecule has 0 aliphatic rings. The highest BCUT2D eigenvalue weighted by molar-refractivity contribution is 7.99. The Balaban J connectivity index is 2.20. The number of carbonyl (C=O) groups is 1. The summed E-state index contributed by atoms with van der Waals surface area (Å²) in [4.78, 5) is 14.9. The number of thioether (sulfide) groups is 1. The molecule has 0 aliphatic carbocycles. The topological polar surface area (TPSA) is 94.0 Å². The summed E-state index contributed by atoms with van der Waals surface area (Å²) in [5.41, 5.74) is 8.25. The molecule has 15 heavy (non-hydrogen) atoms. The van der Waals surface area contributed by atoms with E-state index in [9.17, 15) is 4.79 Å². The molecule has 5 N–H and O–H groups in total. The third-order valence-corrected chi connectivity index (χ3v) is 2.75. The minimum absolute atomic E-state index is 0.138. The molecule has 0 saturated carbocycles. The van der Waals surface area contributed by atoms with E-state index in [1.807, 2.05) is 12.1 Å². The second-order valence-electron chi connectivity index (χ2n) is 2.95. The normalized spacial score (nSPS) is 9.93. The highest BCUT2D eigenvalue weighted by atomic mass is 32.2. The van der Waals surface area contributed by atoms with Crippen LogP contribution in [0.1, 0.15) is 12.8 Å². The van der Waals surface area contributed by atoms with Crippen LogP contribution >= 0.6 is 11.8 Å². The van der Waals surface area contributed by atoms with Crippen LogP contribution < -0.4 is 17.0 Å². The Morgan fingerprint density at radius 3 is 2.93 bits per heavy atom. The first-order valence-electron chi connectivity index (χ1n) is 4.56. The van der Waals surface area contributed by atoms with Gasteiger partial charge in [0.2, 0.25) is 5.91 Å². The number of amides is 1. The molecule has 82 valence electrons. The summed E-state index contributed by atoms with van der Waals surface area (Å²) < 4.78 is 0. The molecular weight excluding hydrogens is 212 g/mol. The minimum atomic E-state index is -0.138. The first-order valence-corrected chi connectivity index (χ1v) is 5.54. The minimum Gasteiger partial charge on any atom is -0.397 e. The summed E-state index contributed by atoms with van der Waals surface area (Å²) in [6.45, 7) is 0. The number of hydrogen-bond acceptors (Lipinski definition) is 5. The Labute approximate surface area is 92.6 Å². The standard InChI is InChI=1S/C9H14N4OS/c10-7-3-4-9(12-6-7)15-5-1-2-8(14)13-11/h3-4,6H,1-2,5,10-11H2,(H,13,14). The molecule has 0 fully saturated rings. The molecule has 0 radical (unpaired) electrons. The lowest BCUT2D eigenvalue weighted by molar-refractivity contribution is -0.121. The lowest BCUT2D eigenvalue weighted by Gasteiger charge is -2.01. The van der Waals surface area contributed by atoms with Crippen molar-refractivity contribution in [3.63, 3.8) is 0 Å². The van der Waals surface area contributed by atoms with Gasteiger partial charge in [0.15, 0.2) is 0 Å². The maximum absolute atomic E-state index is 10.8. The quantitative estimate of drug-likeness (QED) is 0.224. The molecule has 6 heteroatoms. The van der Waals surface area contributed by atoms with Crippen molar-refractivity contribution in [1.82, 2.24) is 10.4 Å². The van der Waals surface area contributed by atoms with Crippen molar-refractivity contribution in [3.8, 4) is 0 Å². The molecule has 0 atom stereocenters. The van der Waals surface area contributed by atoms with Crippen molar-refractivity contribution < 1.29 is 4.79 Å². The lowest BCUT2D eigenvalue weighted by atomic mass is 10.3. The van der Waals surface area contributed by atoms with Crippen molar-refractivity contribution >= 4 is 23.4 Å². The first kappa shape index (κ1) is 11.8. The van der Waals surface area contributed by atoms with Gasteiger partial charge in [-0.05, 0) is 24.3 Å². The first-order chi connectivity index (χ1) is 7.22. The molecule has 1 aromatic rings. The number of nitrogen functional groups attached to an aromatic ring is 1. The molecule has 0 saturated heterocycles. The van der Waals surface area contributed by atoms with E-state index in [1.165, 1.54) is 0 Å². The maximum Gasteiger partial charge on any atom is 0.233 e. The smallest absolute Gasteiger partial charge is 0.233 e. The fourth-order valence-corrected chi connectivity index (χ4v) is 1.75. The average Bonchev–Trinajstić information content (AvgIpc) is 2.26. The van der Waals surface area contributed by atoms with Crippen LogP contribution in [-0.2, 0) is 4.79 Å². The van der Waals surface area contributed by atoms with Crippen molar-refractivity contribution in [3.05, 3.63) is 18.3 Å². The fraction of sp³-hybridized carbons (Fsp3) is 0.333. The fourth-order valence-electron chi connectivity index (χ4n) is 0.959. The number of carbonyl (C=O) groups excluding carboxylic acids is 1. The zero-order valence-electron chi connectivity index (χ0n) is 8.27. The number of hydrogen-bond donors (Lipinski definition) is 3. The number of rotatable bonds is 5. The van der Waals surface area contributed by atoms with Gasteiger partial charge < -0.3 is 5.73 Å². The van der Waals surface area contributed by atoms with E-state index in [1.54, 1.807) is 18.0 Å². The van der Waals surface area contributed by atoms with Gasteiger partial charge in [-0.25, -0.2) is 10.8 Å². The van der Waals surface area contributed by atoms with Gasteiger partial charge in [0.1, 0.15) is 0 Å². The van der Waals surface area contributed by atoms with Crippen LogP contribution in [0.15, 0.2) is 23.4 Å². The second-order valence-corrected chi connectivity index (χ2v) is 4.06. The van der Waals surface area contributed by atoms with Gasteiger partial charge in [-0.3, -0.25) is 10.2 Å². The van der Waals surface area contributed by atoms with E-state index in [0.29, 0.717) is 12.1 Å². The van der Waals surface area contributed by atoms with Crippen LogP contribution in [0.2, 0.25) is 0 Å². The van der Waals surface area contributed by atoms with E-state index in [0.717, 1.165) is 17.2 Å². The Kier molecular flexibility index (Phi) is 4.92. The molecule has 0 aliphatic heterocycles.